The van der Waals surface area contributed by atoms with E-state index in [0.29, 0.717) is 24.7 Å². The van der Waals surface area contributed by atoms with Gasteiger partial charge >= 0.3 is 5.97 Å². The Labute approximate surface area is 126 Å². The van der Waals surface area contributed by atoms with Crippen molar-refractivity contribution in [3.05, 3.63) is 0 Å². The summed E-state index contributed by atoms with van der Waals surface area (Å²) in [6, 6.07) is 0.0454. The van der Waals surface area contributed by atoms with Gasteiger partial charge in [0.25, 0.3) is 0 Å². The SMILES string of the molecule is CC(CC(=O)NC1CCCC(C(=O)O)C1)C1CCCNC1. The number of carbonyl (C=O) groups excluding carboxylic acids is 1. The van der Waals surface area contributed by atoms with E-state index in [1.165, 1.54) is 12.8 Å². The first-order chi connectivity index (χ1) is 10.1. The highest BCUT2D eigenvalue weighted by molar-refractivity contribution is 5.76. The van der Waals surface area contributed by atoms with E-state index in [1.807, 2.05) is 0 Å². The Morgan fingerprint density at radius 3 is 2.76 bits per heavy atom. The van der Waals surface area contributed by atoms with Gasteiger partial charge in [-0.2, -0.15) is 0 Å². The van der Waals surface area contributed by atoms with E-state index in [4.69, 9.17) is 5.11 Å². The molecule has 21 heavy (non-hydrogen) atoms. The van der Waals surface area contributed by atoms with E-state index in [1.54, 1.807) is 0 Å². The molecule has 2 fully saturated rings. The van der Waals surface area contributed by atoms with E-state index in [-0.39, 0.29) is 17.9 Å². The molecule has 0 spiro atoms. The van der Waals surface area contributed by atoms with Gasteiger partial charge in [0.05, 0.1) is 5.92 Å². The Balaban J connectivity index is 1.74. The average molecular weight is 296 g/mol. The van der Waals surface area contributed by atoms with Gasteiger partial charge in [-0.1, -0.05) is 13.3 Å². The molecule has 0 bridgehead atoms. The summed E-state index contributed by atoms with van der Waals surface area (Å²) in [6.07, 6.45) is 6.08. The minimum absolute atomic E-state index is 0.0454. The number of hydrogen-bond acceptors (Lipinski definition) is 3. The van der Waals surface area contributed by atoms with Crippen molar-refractivity contribution in [3.8, 4) is 0 Å². The van der Waals surface area contributed by atoms with Crippen molar-refractivity contribution in [1.29, 1.82) is 0 Å². The quantitative estimate of drug-likeness (QED) is 0.722. The minimum Gasteiger partial charge on any atom is -0.481 e. The molecule has 1 saturated carbocycles. The normalized spacial score (nSPS) is 31.4. The summed E-state index contributed by atoms with van der Waals surface area (Å²) in [4.78, 5) is 23.2. The van der Waals surface area contributed by atoms with Crippen LogP contribution in [0.15, 0.2) is 0 Å². The second kappa shape index (κ2) is 7.78. The third-order valence-corrected chi connectivity index (χ3v) is 5.04. The van der Waals surface area contributed by atoms with Crippen LogP contribution in [0.5, 0.6) is 0 Å². The van der Waals surface area contributed by atoms with Gasteiger partial charge in [-0.25, -0.2) is 0 Å². The van der Waals surface area contributed by atoms with Crippen LogP contribution >= 0.6 is 0 Å². The Kier molecular flexibility index (Phi) is 6.03. The standard InChI is InChI=1S/C16H28N2O3/c1-11(13-5-3-7-17-10-13)8-15(19)18-14-6-2-4-12(9-14)16(20)21/h11-14,17H,2-10H2,1H3,(H,18,19)(H,20,21). The number of carboxylic acid groups (broad SMARTS) is 1. The van der Waals surface area contributed by atoms with Crippen molar-refractivity contribution >= 4 is 11.9 Å². The lowest BCUT2D eigenvalue weighted by atomic mass is 9.84. The van der Waals surface area contributed by atoms with Crippen LogP contribution in [0.1, 0.15) is 51.9 Å². The highest BCUT2D eigenvalue weighted by Gasteiger charge is 2.28. The smallest absolute Gasteiger partial charge is 0.306 e. The maximum Gasteiger partial charge on any atom is 0.306 e. The molecule has 5 heteroatoms. The first kappa shape index (κ1) is 16.3. The topological polar surface area (TPSA) is 78.4 Å². The lowest BCUT2D eigenvalue weighted by molar-refractivity contribution is -0.143. The number of hydrogen-bond donors (Lipinski definition) is 3. The van der Waals surface area contributed by atoms with Gasteiger partial charge in [-0.3, -0.25) is 9.59 Å². The first-order valence-electron chi connectivity index (χ1n) is 8.29. The molecule has 1 saturated heterocycles. The van der Waals surface area contributed by atoms with Crippen LogP contribution < -0.4 is 10.6 Å². The van der Waals surface area contributed by atoms with E-state index in [9.17, 15) is 9.59 Å². The van der Waals surface area contributed by atoms with Gasteiger partial charge in [0.1, 0.15) is 0 Å². The molecular formula is C16H28N2O3. The summed E-state index contributed by atoms with van der Waals surface area (Å²) in [5, 5.41) is 15.5. The van der Waals surface area contributed by atoms with Crippen molar-refractivity contribution in [2.45, 2.75) is 57.9 Å². The highest BCUT2D eigenvalue weighted by Crippen LogP contribution is 2.26. The third-order valence-electron chi connectivity index (χ3n) is 5.04. The van der Waals surface area contributed by atoms with Crippen LogP contribution in [-0.4, -0.2) is 36.1 Å². The van der Waals surface area contributed by atoms with Gasteiger partial charge in [0.2, 0.25) is 5.91 Å². The molecule has 0 aromatic carbocycles. The number of aliphatic carboxylic acids is 1. The summed E-state index contributed by atoms with van der Waals surface area (Å²) < 4.78 is 0. The molecule has 2 rings (SSSR count). The lowest BCUT2D eigenvalue weighted by Gasteiger charge is -2.30. The molecule has 120 valence electrons. The Morgan fingerprint density at radius 1 is 1.29 bits per heavy atom. The molecule has 1 aliphatic carbocycles. The Hall–Kier alpha value is -1.10. The number of amides is 1. The summed E-state index contributed by atoms with van der Waals surface area (Å²) in [5.41, 5.74) is 0. The highest BCUT2D eigenvalue weighted by atomic mass is 16.4. The van der Waals surface area contributed by atoms with Crippen LogP contribution in [-0.2, 0) is 9.59 Å². The van der Waals surface area contributed by atoms with Gasteiger partial charge < -0.3 is 15.7 Å². The van der Waals surface area contributed by atoms with Crippen LogP contribution in [0.25, 0.3) is 0 Å². The zero-order chi connectivity index (χ0) is 15.2. The molecule has 2 aliphatic rings. The van der Waals surface area contributed by atoms with Crippen molar-refractivity contribution in [1.82, 2.24) is 10.6 Å². The van der Waals surface area contributed by atoms with Crippen molar-refractivity contribution in [2.75, 3.05) is 13.1 Å². The van der Waals surface area contributed by atoms with E-state index in [2.05, 4.69) is 17.6 Å². The molecule has 4 atom stereocenters. The monoisotopic (exact) mass is 296 g/mol. The summed E-state index contributed by atoms with van der Waals surface area (Å²) in [6.45, 7) is 4.26. The van der Waals surface area contributed by atoms with Gasteiger partial charge in [-0.15, -0.1) is 0 Å². The molecule has 1 amide bonds. The van der Waals surface area contributed by atoms with Gasteiger partial charge in [0.15, 0.2) is 0 Å². The van der Waals surface area contributed by atoms with E-state index in [0.717, 1.165) is 32.4 Å². The fourth-order valence-corrected chi connectivity index (χ4v) is 3.66. The van der Waals surface area contributed by atoms with Crippen molar-refractivity contribution in [3.63, 3.8) is 0 Å². The number of carbonyl (C=O) groups is 2. The molecule has 5 nitrogen and oxygen atoms in total. The second-order valence-electron chi connectivity index (χ2n) is 6.75. The molecule has 0 aromatic rings. The summed E-state index contributed by atoms with van der Waals surface area (Å²) >= 11 is 0. The summed E-state index contributed by atoms with van der Waals surface area (Å²) in [7, 11) is 0. The Bertz CT molecular complexity index is 367. The minimum atomic E-state index is -0.726. The molecule has 1 heterocycles. The zero-order valence-corrected chi connectivity index (χ0v) is 12.9. The van der Waals surface area contributed by atoms with Crippen LogP contribution in [0, 0.1) is 17.8 Å². The largest absolute Gasteiger partial charge is 0.481 e. The molecule has 0 aromatic heterocycles. The molecule has 0 radical (unpaired) electrons. The molecule has 4 unspecified atom stereocenters. The van der Waals surface area contributed by atoms with Gasteiger partial charge in [-0.05, 0) is 57.0 Å². The van der Waals surface area contributed by atoms with E-state index < -0.39 is 5.97 Å². The number of nitrogens with one attached hydrogen (secondary N) is 2. The van der Waals surface area contributed by atoms with Gasteiger partial charge in [0, 0.05) is 12.5 Å². The van der Waals surface area contributed by atoms with Crippen LogP contribution in [0.4, 0.5) is 0 Å². The predicted octanol–water partition coefficient (Wildman–Crippen LogP) is 1.77. The zero-order valence-electron chi connectivity index (χ0n) is 12.9. The Morgan fingerprint density at radius 2 is 2.10 bits per heavy atom. The van der Waals surface area contributed by atoms with Crippen molar-refractivity contribution in [2.24, 2.45) is 17.8 Å². The summed E-state index contributed by atoms with van der Waals surface area (Å²) in [5.74, 6) is 0.0445. The van der Waals surface area contributed by atoms with Crippen LogP contribution in [0.3, 0.4) is 0 Å². The fourth-order valence-electron chi connectivity index (χ4n) is 3.66. The van der Waals surface area contributed by atoms with Crippen LogP contribution in [0.2, 0.25) is 0 Å². The maximum atomic E-state index is 12.2. The predicted molar refractivity (Wildman–Crippen MR) is 80.9 cm³/mol. The molecule has 1 aliphatic heterocycles. The van der Waals surface area contributed by atoms with Crippen molar-refractivity contribution < 1.29 is 14.7 Å². The average Bonchev–Trinajstić information content (AvgIpc) is 2.48. The number of rotatable bonds is 5. The number of piperidine rings is 1. The second-order valence-corrected chi connectivity index (χ2v) is 6.75. The molecule has 3 N–H and O–H groups in total. The third kappa shape index (κ3) is 4.99. The maximum absolute atomic E-state index is 12.2. The fraction of sp³-hybridized carbons (Fsp3) is 0.875. The number of carboxylic acids is 1. The first-order valence-corrected chi connectivity index (χ1v) is 8.29. The van der Waals surface area contributed by atoms with E-state index >= 15 is 0 Å². The molecular weight excluding hydrogens is 268 g/mol. The lowest BCUT2D eigenvalue weighted by Crippen LogP contribution is -2.41.